The van der Waals surface area contributed by atoms with Crippen molar-refractivity contribution in [1.82, 2.24) is 0 Å². The van der Waals surface area contributed by atoms with Gasteiger partial charge >= 0.3 is 29.6 Å². The SMILES string of the molecule is FC1(F)C(F)(F)[C@]2(F)C(F)(F)C(F)(F)[C@@]2(F)C1(F)F. The highest BCUT2D eigenvalue weighted by Gasteiger charge is 3.18. The molecule has 2 rings (SSSR count). The predicted octanol–water partition coefficient (Wildman–Crippen LogP) is 3.61. The first-order chi connectivity index (χ1) is 8.00. The lowest BCUT2D eigenvalue weighted by Gasteiger charge is -2.55. The first kappa shape index (κ1) is 14.6. The molecule has 0 N–H and O–H groups in total. The summed E-state index contributed by atoms with van der Waals surface area (Å²) < 4.78 is 153. The van der Waals surface area contributed by atoms with E-state index in [1.54, 1.807) is 0 Å². The second-order valence-electron chi connectivity index (χ2n) is 4.19. The molecule has 12 heteroatoms. The Morgan fingerprint density at radius 2 is 0.421 bits per heavy atom. The van der Waals surface area contributed by atoms with Crippen molar-refractivity contribution in [2.45, 2.75) is 41.0 Å². The second kappa shape index (κ2) is 2.65. The van der Waals surface area contributed by atoms with Gasteiger partial charge in [-0.1, -0.05) is 0 Å². The third-order valence-electron chi connectivity index (χ3n) is 3.39. The van der Waals surface area contributed by atoms with Gasteiger partial charge in [0.25, 0.3) is 11.3 Å². The van der Waals surface area contributed by atoms with Gasteiger partial charge in [0.1, 0.15) is 0 Å². The smallest absolute Gasteiger partial charge is 0.226 e. The zero-order chi connectivity index (χ0) is 15.5. The molecule has 2 aliphatic rings. The number of rotatable bonds is 0. The zero-order valence-corrected chi connectivity index (χ0v) is 8.04. The first-order valence-corrected chi connectivity index (χ1v) is 4.27. The molecule has 2 aliphatic carbocycles. The fourth-order valence-electron chi connectivity index (χ4n) is 2.26. The summed E-state index contributed by atoms with van der Waals surface area (Å²) in [6.45, 7) is 0. The van der Waals surface area contributed by atoms with Gasteiger partial charge in [0.15, 0.2) is 0 Å². The van der Waals surface area contributed by atoms with Crippen LogP contribution in [-0.2, 0) is 0 Å². The molecule has 19 heavy (non-hydrogen) atoms. The van der Waals surface area contributed by atoms with Crippen molar-refractivity contribution in [1.29, 1.82) is 0 Å². The van der Waals surface area contributed by atoms with Crippen molar-refractivity contribution < 1.29 is 52.7 Å². The van der Waals surface area contributed by atoms with Crippen LogP contribution in [0.5, 0.6) is 0 Å². The van der Waals surface area contributed by atoms with Crippen LogP contribution in [0.15, 0.2) is 0 Å². The van der Waals surface area contributed by atoms with Crippen LogP contribution in [0.4, 0.5) is 52.7 Å². The molecule has 0 nitrogen and oxygen atoms in total. The molecule has 112 valence electrons. The molecule has 0 aromatic carbocycles. The second-order valence-corrected chi connectivity index (χ2v) is 4.19. The van der Waals surface area contributed by atoms with Gasteiger partial charge < -0.3 is 0 Å². The van der Waals surface area contributed by atoms with E-state index in [1.807, 2.05) is 0 Å². The third-order valence-corrected chi connectivity index (χ3v) is 3.39. The van der Waals surface area contributed by atoms with Crippen molar-refractivity contribution in [3.8, 4) is 0 Å². The van der Waals surface area contributed by atoms with E-state index in [0.717, 1.165) is 0 Å². The minimum absolute atomic E-state index is 6.72. The fourth-order valence-corrected chi connectivity index (χ4v) is 2.26. The van der Waals surface area contributed by atoms with E-state index in [9.17, 15) is 52.7 Å². The number of alkyl halides is 12. The number of fused-ring (bicyclic) bond motifs is 1. The molecule has 2 saturated carbocycles. The van der Waals surface area contributed by atoms with Crippen LogP contribution < -0.4 is 0 Å². The molecular weight excluding hydrogens is 312 g/mol. The van der Waals surface area contributed by atoms with E-state index in [4.69, 9.17) is 0 Å². The highest BCUT2D eigenvalue weighted by Crippen LogP contribution is 2.84. The lowest BCUT2D eigenvalue weighted by Crippen LogP contribution is -2.90. The van der Waals surface area contributed by atoms with E-state index in [1.165, 1.54) is 0 Å². The molecule has 0 amide bonds. The summed E-state index contributed by atoms with van der Waals surface area (Å²) in [7, 11) is 0. The van der Waals surface area contributed by atoms with Gasteiger partial charge in [0.05, 0.1) is 0 Å². The van der Waals surface area contributed by atoms with Gasteiger partial charge in [0.2, 0.25) is 0 Å². The van der Waals surface area contributed by atoms with Crippen LogP contribution in [0, 0.1) is 0 Å². The highest BCUT2D eigenvalue weighted by atomic mass is 19.4. The van der Waals surface area contributed by atoms with Crippen molar-refractivity contribution in [3.63, 3.8) is 0 Å². The molecule has 2 fully saturated rings. The molecule has 0 aromatic heterocycles. The van der Waals surface area contributed by atoms with Gasteiger partial charge in [0, 0.05) is 0 Å². The summed E-state index contributed by atoms with van der Waals surface area (Å²) in [5.74, 6) is -34.5. The van der Waals surface area contributed by atoms with E-state index in [0.29, 0.717) is 0 Å². The summed E-state index contributed by atoms with van der Waals surface area (Å²) in [6, 6.07) is 0. The molecule has 0 saturated heterocycles. The van der Waals surface area contributed by atoms with E-state index in [-0.39, 0.29) is 0 Å². The Morgan fingerprint density at radius 3 is 0.632 bits per heavy atom. The zero-order valence-electron chi connectivity index (χ0n) is 8.04. The summed E-state index contributed by atoms with van der Waals surface area (Å²) in [5, 5.41) is 0. The van der Waals surface area contributed by atoms with Gasteiger partial charge in [-0.15, -0.1) is 0 Å². The van der Waals surface area contributed by atoms with Crippen molar-refractivity contribution in [3.05, 3.63) is 0 Å². The number of hydrogen-bond donors (Lipinski definition) is 0. The molecule has 2 atom stereocenters. The van der Waals surface area contributed by atoms with Crippen LogP contribution in [0.2, 0.25) is 0 Å². The largest absolute Gasteiger partial charge is 0.379 e. The van der Waals surface area contributed by atoms with Crippen LogP contribution in [0.1, 0.15) is 0 Å². The van der Waals surface area contributed by atoms with Gasteiger partial charge in [-0.3, -0.25) is 0 Å². The van der Waals surface area contributed by atoms with Crippen molar-refractivity contribution in [2.24, 2.45) is 0 Å². The lowest BCUT2D eigenvalue weighted by molar-refractivity contribution is -0.474. The maximum atomic E-state index is 13.2. The van der Waals surface area contributed by atoms with Gasteiger partial charge in [-0.05, 0) is 0 Å². The van der Waals surface area contributed by atoms with Crippen LogP contribution >= 0.6 is 0 Å². The maximum absolute atomic E-state index is 13.2. The summed E-state index contributed by atoms with van der Waals surface area (Å²) in [5.41, 5.74) is -13.4. The summed E-state index contributed by atoms with van der Waals surface area (Å²) >= 11 is 0. The molecule has 0 radical (unpaired) electrons. The van der Waals surface area contributed by atoms with E-state index >= 15 is 0 Å². The summed E-state index contributed by atoms with van der Waals surface area (Å²) in [6.07, 6.45) is 0. The number of halogens is 12. The van der Waals surface area contributed by atoms with Crippen LogP contribution in [0.3, 0.4) is 0 Å². The summed E-state index contributed by atoms with van der Waals surface area (Å²) in [4.78, 5) is 0. The standard InChI is InChI=1S/C7F12/c8-1-2(9,4(12,13)3(1,10)11)6(16,17)7(18,19)5(1,14)15/t1-,2-/m1/s1. The lowest BCUT2D eigenvalue weighted by atomic mass is 9.61. The quantitative estimate of drug-likeness (QED) is 0.600. The van der Waals surface area contributed by atoms with Gasteiger partial charge in [-0.25, -0.2) is 8.78 Å². The minimum Gasteiger partial charge on any atom is -0.226 e. The third kappa shape index (κ3) is 0.779. The average Bonchev–Trinajstić information content (AvgIpc) is 2.28. The molecule has 0 aromatic rings. The molecule has 0 heterocycles. The van der Waals surface area contributed by atoms with E-state index in [2.05, 4.69) is 0 Å². The Bertz CT molecular complexity index is 411. The van der Waals surface area contributed by atoms with Gasteiger partial charge in [-0.2, -0.15) is 43.9 Å². The molecule has 0 bridgehead atoms. The first-order valence-electron chi connectivity index (χ1n) is 4.27. The minimum atomic E-state index is -7.05. The Labute approximate surface area is 94.9 Å². The van der Waals surface area contributed by atoms with Crippen molar-refractivity contribution in [2.75, 3.05) is 0 Å². The maximum Gasteiger partial charge on any atom is 0.379 e. The Hall–Kier alpha value is -0.840. The number of hydrogen-bond acceptors (Lipinski definition) is 0. The Kier molecular flexibility index (Phi) is 2.03. The van der Waals surface area contributed by atoms with E-state index < -0.39 is 41.0 Å². The Morgan fingerprint density at radius 1 is 0.263 bits per heavy atom. The van der Waals surface area contributed by atoms with Crippen molar-refractivity contribution >= 4 is 0 Å². The fraction of sp³-hybridized carbons (Fsp3) is 1.00. The van der Waals surface area contributed by atoms with Crippen LogP contribution in [-0.4, -0.2) is 41.0 Å². The normalized spacial score (nSPS) is 47.4. The molecule has 0 aliphatic heterocycles. The highest BCUT2D eigenvalue weighted by molar-refractivity contribution is 5.47. The molecule has 0 spiro atoms. The monoisotopic (exact) mass is 312 g/mol. The Balaban J connectivity index is 2.88. The topological polar surface area (TPSA) is 0 Å². The molecule has 0 unspecified atom stereocenters. The van der Waals surface area contributed by atoms with Crippen LogP contribution in [0.25, 0.3) is 0 Å². The average molecular weight is 312 g/mol. The predicted molar refractivity (Wildman–Crippen MR) is 32.4 cm³/mol. The molecular formula is C7F12.